The van der Waals surface area contributed by atoms with Crippen LogP contribution in [0.3, 0.4) is 0 Å². The summed E-state index contributed by atoms with van der Waals surface area (Å²) >= 11 is 0. The Labute approximate surface area is 123 Å². The molecule has 0 saturated heterocycles. The molecule has 1 atom stereocenters. The second-order valence-corrected chi connectivity index (χ2v) is 6.78. The van der Waals surface area contributed by atoms with Crippen molar-refractivity contribution in [1.29, 1.82) is 0 Å². The van der Waals surface area contributed by atoms with Gasteiger partial charge < -0.3 is 5.73 Å². The molecule has 3 nitrogen and oxygen atoms in total. The first kappa shape index (κ1) is 15.6. The second kappa shape index (κ2) is 6.75. The highest BCUT2D eigenvalue weighted by molar-refractivity contribution is 5.05. The fourth-order valence-corrected chi connectivity index (χ4v) is 3.55. The fourth-order valence-electron chi connectivity index (χ4n) is 3.55. The fraction of sp³-hybridized carbons (Fsp3) is 0.824. The van der Waals surface area contributed by atoms with Crippen molar-refractivity contribution in [2.24, 2.45) is 11.1 Å². The van der Waals surface area contributed by atoms with Crippen LogP contribution in [-0.4, -0.2) is 15.8 Å². The molecule has 1 heterocycles. The molecular formula is C17H31N3. The van der Waals surface area contributed by atoms with Gasteiger partial charge >= 0.3 is 0 Å². The first-order chi connectivity index (χ1) is 9.59. The summed E-state index contributed by atoms with van der Waals surface area (Å²) in [5.74, 6) is 0. The van der Waals surface area contributed by atoms with E-state index in [1.165, 1.54) is 32.1 Å². The maximum atomic E-state index is 6.52. The molecule has 1 aromatic heterocycles. The molecule has 2 rings (SSSR count). The minimum absolute atomic E-state index is 0.243. The van der Waals surface area contributed by atoms with E-state index in [9.17, 15) is 0 Å². The number of rotatable bonds is 6. The molecule has 0 spiro atoms. The summed E-state index contributed by atoms with van der Waals surface area (Å²) in [7, 11) is 0. The maximum absolute atomic E-state index is 6.52. The van der Waals surface area contributed by atoms with Gasteiger partial charge in [-0.2, -0.15) is 5.10 Å². The predicted molar refractivity (Wildman–Crippen MR) is 84.7 cm³/mol. The van der Waals surface area contributed by atoms with Gasteiger partial charge in [-0.15, -0.1) is 0 Å². The zero-order chi connectivity index (χ0) is 14.6. The molecule has 1 unspecified atom stereocenters. The smallest absolute Gasteiger partial charge is 0.0640 e. The SMILES string of the molecule is CCC(CC)n1ccc(CC(N)C2(C)CCCCC2)n1. The number of nitrogens with two attached hydrogens (primary N) is 1. The van der Waals surface area contributed by atoms with Gasteiger partial charge in [0.15, 0.2) is 0 Å². The third kappa shape index (κ3) is 3.43. The zero-order valence-corrected chi connectivity index (χ0v) is 13.4. The molecule has 2 N–H and O–H groups in total. The van der Waals surface area contributed by atoms with Crippen molar-refractivity contribution in [3.63, 3.8) is 0 Å². The van der Waals surface area contributed by atoms with E-state index in [4.69, 9.17) is 10.8 Å². The minimum Gasteiger partial charge on any atom is -0.327 e. The molecule has 1 fully saturated rings. The van der Waals surface area contributed by atoms with E-state index >= 15 is 0 Å². The van der Waals surface area contributed by atoms with Crippen LogP contribution in [0, 0.1) is 5.41 Å². The Kier molecular flexibility index (Phi) is 5.25. The van der Waals surface area contributed by atoms with Gasteiger partial charge in [0.2, 0.25) is 0 Å². The largest absolute Gasteiger partial charge is 0.327 e. The van der Waals surface area contributed by atoms with Gasteiger partial charge in [0.05, 0.1) is 11.7 Å². The van der Waals surface area contributed by atoms with Gasteiger partial charge in [0.25, 0.3) is 0 Å². The number of hydrogen-bond acceptors (Lipinski definition) is 2. The van der Waals surface area contributed by atoms with E-state index in [0.717, 1.165) is 25.0 Å². The van der Waals surface area contributed by atoms with Crippen LogP contribution in [0.5, 0.6) is 0 Å². The molecule has 0 amide bonds. The molecule has 0 aliphatic heterocycles. The molecule has 20 heavy (non-hydrogen) atoms. The van der Waals surface area contributed by atoms with Crippen LogP contribution in [0.25, 0.3) is 0 Å². The van der Waals surface area contributed by atoms with Crippen molar-refractivity contribution in [1.82, 2.24) is 9.78 Å². The molecule has 1 saturated carbocycles. The zero-order valence-electron chi connectivity index (χ0n) is 13.4. The molecule has 1 aliphatic carbocycles. The van der Waals surface area contributed by atoms with Gasteiger partial charge in [-0.3, -0.25) is 4.68 Å². The minimum atomic E-state index is 0.243. The van der Waals surface area contributed by atoms with E-state index in [1.54, 1.807) is 0 Å². The first-order valence-corrected chi connectivity index (χ1v) is 8.38. The Bertz CT molecular complexity index is 400. The van der Waals surface area contributed by atoms with Crippen molar-refractivity contribution >= 4 is 0 Å². The van der Waals surface area contributed by atoms with Gasteiger partial charge in [-0.1, -0.05) is 40.0 Å². The Morgan fingerprint density at radius 1 is 1.25 bits per heavy atom. The normalized spacial score (nSPS) is 20.2. The quantitative estimate of drug-likeness (QED) is 0.851. The van der Waals surface area contributed by atoms with Crippen molar-refractivity contribution in [2.75, 3.05) is 0 Å². The average Bonchev–Trinajstić information content (AvgIpc) is 2.89. The standard InChI is InChI=1S/C17H31N3/c1-4-15(5-2)20-12-9-14(19-20)13-16(18)17(3)10-7-6-8-11-17/h9,12,15-16H,4-8,10-11,13,18H2,1-3H3. The second-order valence-electron chi connectivity index (χ2n) is 6.78. The first-order valence-electron chi connectivity index (χ1n) is 8.38. The highest BCUT2D eigenvalue weighted by Gasteiger charge is 2.33. The van der Waals surface area contributed by atoms with Crippen molar-refractivity contribution in [3.05, 3.63) is 18.0 Å². The molecule has 1 aliphatic rings. The summed E-state index contributed by atoms with van der Waals surface area (Å²) in [4.78, 5) is 0. The Hall–Kier alpha value is -0.830. The maximum Gasteiger partial charge on any atom is 0.0640 e. The molecular weight excluding hydrogens is 246 g/mol. The lowest BCUT2D eigenvalue weighted by Crippen LogP contribution is -2.42. The molecule has 0 bridgehead atoms. The highest BCUT2D eigenvalue weighted by atomic mass is 15.3. The lowest BCUT2D eigenvalue weighted by atomic mass is 9.70. The van der Waals surface area contributed by atoms with Crippen molar-refractivity contribution in [3.8, 4) is 0 Å². The van der Waals surface area contributed by atoms with Gasteiger partial charge in [0, 0.05) is 18.7 Å². The highest BCUT2D eigenvalue weighted by Crippen LogP contribution is 2.38. The lowest BCUT2D eigenvalue weighted by molar-refractivity contribution is 0.168. The topological polar surface area (TPSA) is 43.8 Å². The van der Waals surface area contributed by atoms with Crippen molar-refractivity contribution in [2.45, 2.75) is 84.2 Å². The van der Waals surface area contributed by atoms with E-state index in [0.29, 0.717) is 11.5 Å². The monoisotopic (exact) mass is 277 g/mol. The van der Waals surface area contributed by atoms with Gasteiger partial charge in [0.1, 0.15) is 0 Å². The number of nitrogens with zero attached hydrogens (tertiary/aromatic N) is 2. The van der Waals surface area contributed by atoms with Crippen LogP contribution in [0.4, 0.5) is 0 Å². The summed E-state index contributed by atoms with van der Waals surface area (Å²) in [6, 6.07) is 2.93. The van der Waals surface area contributed by atoms with E-state index < -0.39 is 0 Å². The van der Waals surface area contributed by atoms with Gasteiger partial charge in [-0.25, -0.2) is 0 Å². The molecule has 114 valence electrons. The Balaban J connectivity index is 1.99. The van der Waals surface area contributed by atoms with Crippen LogP contribution < -0.4 is 5.73 Å². The third-order valence-electron chi connectivity index (χ3n) is 5.30. The van der Waals surface area contributed by atoms with Crippen LogP contribution in [0.15, 0.2) is 12.3 Å². The summed E-state index contributed by atoms with van der Waals surface area (Å²) in [6.45, 7) is 6.82. The third-order valence-corrected chi connectivity index (χ3v) is 5.30. The van der Waals surface area contributed by atoms with Crippen LogP contribution in [-0.2, 0) is 6.42 Å². The van der Waals surface area contributed by atoms with Crippen LogP contribution >= 0.6 is 0 Å². The van der Waals surface area contributed by atoms with Crippen molar-refractivity contribution < 1.29 is 0 Å². The van der Waals surface area contributed by atoms with E-state index in [2.05, 4.69) is 37.7 Å². The molecule has 0 aromatic carbocycles. The summed E-state index contributed by atoms with van der Waals surface area (Å²) < 4.78 is 2.13. The lowest BCUT2D eigenvalue weighted by Gasteiger charge is -2.38. The number of hydrogen-bond donors (Lipinski definition) is 1. The average molecular weight is 277 g/mol. The molecule has 0 radical (unpaired) electrons. The Morgan fingerprint density at radius 3 is 2.50 bits per heavy atom. The molecule has 1 aromatic rings. The number of aromatic nitrogens is 2. The van der Waals surface area contributed by atoms with Crippen LogP contribution in [0.1, 0.15) is 77.5 Å². The van der Waals surface area contributed by atoms with Crippen LogP contribution in [0.2, 0.25) is 0 Å². The molecule has 3 heteroatoms. The Morgan fingerprint density at radius 2 is 1.90 bits per heavy atom. The van der Waals surface area contributed by atoms with E-state index in [1.807, 2.05) is 0 Å². The van der Waals surface area contributed by atoms with E-state index in [-0.39, 0.29) is 6.04 Å². The predicted octanol–water partition coefficient (Wildman–Crippen LogP) is 4.08. The summed E-state index contributed by atoms with van der Waals surface area (Å²) in [5, 5.41) is 4.75. The van der Waals surface area contributed by atoms with Gasteiger partial charge in [-0.05, 0) is 37.2 Å². The summed E-state index contributed by atoms with van der Waals surface area (Å²) in [5.41, 5.74) is 8.00. The summed E-state index contributed by atoms with van der Waals surface area (Å²) in [6.07, 6.45) is 11.9.